The average Bonchev–Trinajstić information content (AvgIpc) is 2.22. The molecule has 0 aliphatic rings. The molecular formula is C12H7F4N. The SMILES string of the molecule is Fc1cc(F)cc(Nc2ccc(F)c(F)c2)c1. The first kappa shape index (κ1) is 11.4. The molecule has 1 nitrogen and oxygen atoms in total. The van der Waals surface area contributed by atoms with Crippen LogP contribution in [0.3, 0.4) is 0 Å². The van der Waals surface area contributed by atoms with Crippen molar-refractivity contribution in [2.24, 2.45) is 0 Å². The summed E-state index contributed by atoms with van der Waals surface area (Å²) in [6.07, 6.45) is 0. The highest BCUT2D eigenvalue weighted by Gasteiger charge is 2.04. The van der Waals surface area contributed by atoms with Crippen molar-refractivity contribution >= 4 is 11.4 Å². The van der Waals surface area contributed by atoms with Crippen molar-refractivity contribution < 1.29 is 17.6 Å². The molecule has 0 fully saturated rings. The Morgan fingerprint density at radius 1 is 0.647 bits per heavy atom. The first-order chi connectivity index (χ1) is 8.04. The summed E-state index contributed by atoms with van der Waals surface area (Å²) in [5, 5.41) is 2.57. The summed E-state index contributed by atoms with van der Waals surface area (Å²) in [6, 6.07) is 5.90. The van der Waals surface area contributed by atoms with Crippen molar-refractivity contribution in [3.05, 3.63) is 59.7 Å². The van der Waals surface area contributed by atoms with Crippen LogP contribution in [0, 0.1) is 23.3 Å². The van der Waals surface area contributed by atoms with E-state index in [0.29, 0.717) is 0 Å². The van der Waals surface area contributed by atoms with Gasteiger partial charge in [-0.25, -0.2) is 17.6 Å². The number of rotatable bonds is 2. The minimum absolute atomic E-state index is 0.119. The molecule has 2 aromatic carbocycles. The topological polar surface area (TPSA) is 12.0 Å². The monoisotopic (exact) mass is 241 g/mol. The Morgan fingerprint density at radius 3 is 1.88 bits per heavy atom. The number of benzene rings is 2. The lowest BCUT2D eigenvalue weighted by atomic mass is 10.2. The zero-order valence-electron chi connectivity index (χ0n) is 8.48. The maximum Gasteiger partial charge on any atom is 0.160 e. The van der Waals surface area contributed by atoms with Crippen LogP contribution in [0.2, 0.25) is 0 Å². The van der Waals surface area contributed by atoms with E-state index >= 15 is 0 Å². The number of hydrogen-bond acceptors (Lipinski definition) is 1. The number of nitrogens with one attached hydrogen (secondary N) is 1. The Bertz CT molecular complexity index is 534. The summed E-state index contributed by atoms with van der Waals surface area (Å²) in [5.74, 6) is -3.53. The molecule has 0 saturated carbocycles. The third kappa shape index (κ3) is 2.75. The summed E-state index contributed by atoms with van der Waals surface area (Å²) < 4.78 is 51.2. The van der Waals surface area contributed by atoms with Crippen molar-refractivity contribution in [3.8, 4) is 0 Å². The number of hydrogen-bond donors (Lipinski definition) is 1. The Balaban J connectivity index is 2.28. The van der Waals surface area contributed by atoms with Gasteiger partial charge in [0.05, 0.1) is 0 Å². The van der Waals surface area contributed by atoms with E-state index in [4.69, 9.17) is 0 Å². The van der Waals surface area contributed by atoms with Crippen LogP contribution in [0.4, 0.5) is 28.9 Å². The van der Waals surface area contributed by atoms with E-state index in [0.717, 1.165) is 30.3 Å². The summed E-state index contributed by atoms with van der Waals surface area (Å²) >= 11 is 0. The quantitative estimate of drug-likeness (QED) is 0.784. The standard InChI is InChI=1S/C12H7F4N/c13-7-3-8(14)5-10(4-7)17-9-1-2-11(15)12(16)6-9/h1-6,17H. The Labute approximate surface area is 94.7 Å². The molecule has 0 atom stereocenters. The van der Waals surface area contributed by atoms with Gasteiger partial charge in [0.15, 0.2) is 11.6 Å². The minimum atomic E-state index is -1.04. The second-order valence-electron chi connectivity index (χ2n) is 3.41. The highest BCUT2D eigenvalue weighted by molar-refractivity contribution is 5.59. The zero-order valence-corrected chi connectivity index (χ0v) is 8.48. The van der Waals surface area contributed by atoms with Crippen molar-refractivity contribution in [3.63, 3.8) is 0 Å². The smallest absolute Gasteiger partial charge is 0.160 e. The van der Waals surface area contributed by atoms with Crippen molar-refractivity contribution in [1.29, 1.82) is 0 Å². The summed E-state index contributed by atoms with van der Waals surface area (Å²) in [5.41, 5.74) is 0.322. The van der Waals surface area contributed by atoms with Gasteiger partial charge in [0.25, 0.3) is 0 Å². The van der Waals surface area contributed by atoms with Crippen LogP contribution in [0.25, 0.3) is 0 Å². The lowest BCUT2D eigenvalue weighted by Crippen LogP contribution is -1.94. The van der Waals surface area contributed by atoms with Gasteiger partial charge in [-0.05, 0) is 24.3 Å². The molecule has 0 radical (unpaired) electrons. The van der Waals surface area contributed by atoms with E-state index in [-0.39, 0.29) is 11.4 Å². The molecular weight excluding hydrogens is 234 g/mol. The molecule has 0 aliphatic carbocycles. The molecule has 0 aromatic heterocycles. The van der Waals surface area contributed by atoms with E-state index in [1.54, 1.807) is 0 Å². The molecule has 0 aliphatic heterocycles. The van der Waals surface area contributed by atoms with Gasteiger partial charge in [0.1, 0.15) is 11.6 Å². The molecule has 0 amide bonds. The zero-order chi connectivity index (χ0) is 12.4. The molecule has 2 rings (SSSR count). The molecule has 0 heterocycles. The van der Waals surface area contributed by atoms with Gasteiger partial charge in [-0.3, -0.25) is 0 Å². The summed E-state index contributed by atoms with van der Waals surface area (Å²) in [7, 11) is 0. The second kappa shape index (κ2) is 4.45. The Kier molecular flexibility index (Phi) is 2.99. The van der Waals surface area contributed by atoms with Gasteiger partial charge in [-0.2, -0.15) is 0 Å². The van der Waals surface area contributed by atoms with E-state index in [9.17, 15) is 17.6 Å². The van der Waals surface area contributed by atoms with E-state index in [1.165, 1.54) is 6.07 Å². The second-order valence-corrected chi connectivity index (χ2v) is 3.41. The van der Waals surface area contributed by atoms with Crippen molar-refractivity contribution in [1.82, 2.24) is 0 Å². The Hall–Kier alpha value is -2.04. The molecule has 5 heteroatoms. The molecule has 17 heavy (non-hydrogen) atoms. The van der Waals surface area contributed by atoms with Gasteiger partial charge in [-0.15, -0.1) is 0 Å². The van der Waals surface area contributed by atoms with Gasteiger partial charge in [0.2, 0.25) is 0 Å². The molecule has 0 bridgehead atoms. The molecule has 1 N–H and O–H groups in total. The largest absolute Gasteiger partial charge is 0.355 e. The lowest BCUT2D eigenvalue weighted by molar-refractivity contribution is 0.509. The number of halogens is 4. The molecule has 88 valence electrons. The molecule has 2 aromatic rings. The first-order valence-electron chi connectivity index (χ1n) is 4.73. The van der Waals surface area contributed by atoms with E-state index < -0.39 is 23.3 Å². The van der Waals surface area contributed by atoms with Crippen LogP contribution in [-0.2, 0) is 0 Å². The highest BCUT2D eigenvalue weighted by Crippen LogP contribution is 2.20. The number of anilines is 2. The van der Waals surface area contributed by atoms with Crippen LogP contribution in [-0.4, -0.2) is 0 Å². The van der Waals surface area contributed by atoms with Crippen LogP contribution < -0.4 is 5.32 Å². The van der Waals surface area contributed by atoms with Gasteiger partial charge >= 0.3 is 0 Å². The first-order valence-corrected chi connectivity index (χ1v) is 4.73. The van der Waals surface area contributed by atoms with Crippen LogP contribution in [0.1, 0.15) is 0 Å². The lowest BCUT2D eigenvalue weighted by Gasteiger charge is -2.07. The van der Waals surface area contributed by atoms with Crippen LogP contribution >= 0.6 is 0 Å². The van der Waals surface area contributed by atoms with Crippen LogP contribution in [0.5, 0.6) is 0 Å². The third-order valence-electron chi connectivity index (χ3n) is 2.07. The maximum atomic E-state index is 12.9. The third-order valence-corrected chi connectivity index (χ3v) is 2.07. The van der Waals surface area contributed by atoms with E-state index in [1.807, 2.05) is 0 Å². The van der Waals surface area contributed by atoms with Crippen molar-refractivity contribution in [2.75, 3.05) is 5.32 Å². The summed E-state index contributed by atoms with van der Waals surface area (Å²) in [4.78, 5) is 0. The van der Waals surface area contributed by atoms with Crippen molar-refractivity contribution in [2.45, 2.75) is 0 Å². The fourth-order valence-electron chi connectivity index (χ4n) is 1.37. The van der Waals surface area contributed by atoms with Gasteiger partial charge in [-0.1, -0.05) is 0 Å². The minimum Gasteiger partial charge on any atom is -0.355 e. The highest BCUT2D eigenvalue weighted by atomic mass is 19.2. The van der Waals surface area contributed by atoms with E-state index in [2.05, 4.69) is 5.32 Å². The predicted molar refractivity (Wildman–Crippen MR) is 56.0 cm³/mol. The average molecular weight is 241 g/mol. The molecule has 0 unspecified atom stereocenters. The Morgan fingerprint density at radius 2 is 1.29 bits per heavy atom. The fraction of sp³-hybridized carbons (Fsp3) is 0. The predicted octanol–water partition coefficient (Wildman–Crippen LogP) is 3.99. The summed E-state index contributed by atoms with van der Waals surface area (Å²) in [6.45, 7) is 0. The fourth-order valence-corrected chi connectivity index (χ4v) is 1.37. The normalized spacial score (nSPS) is 10.4. The molecule has 0 spiro atoms. The van der Waals surface area contributed by atoms with Crippen LogP contribution in [0.15, 0.2) is 36.4 Å². The molecule has 0 saturated heterocycles. The van der Waals surface area contributed by atoms with Gasteiger partial charge in [0, 0.05) is 23.5 Å². The maximum absolute atomic E-state index is 12.9. The van der Waals surface area contributed by atoms with Gasteiger partial charge < -0.3 is 5.32 Å².